The molecule has 0 saturated heterocycles. The lowest BCUT2D eigenvalue weighted by atomic mass is 10.1. The molecule has 0 aromatic carbocycles. The van der Waals surface area contributed by atoms with E-state index in [0.29, 0.717) is 6.42 Å². The fraction of sp³-hybridized carbons (Fsp3) is 0.818. The van der Waals surface area contributed by atoms with Gasteiger partial charge in [0.2, 0.25) is 5.91 Å². The van der Waals surface area contributed by atoms with Crippen LogP contribution in [0.15, 0.2) is 0 Å². The van der Waals surface area contributed by atoms with E-state index in [1.807, 2.05) is 0 Å². The molecule has 0 aromatic rings. The molecule has 2 saturated carbocycles. The van der Waals surface area contributed by atoms with Crippen molar-refractivity contribution in [1.82, 2.24) is 4.90 Å². The van der Waals surface area contributed by atoms with Crippen LogP contribution in [0.4, 0.5) is 0 Å². The Morgan fingerprint density at radius 2 is 1.94 bits per heavy atom. The van der Waals surface area contributed by atoms with Crippen LogP contribution in [-0.2, 0) is 9.59 Å². The molecule has 0 aromatic heterocycles. The van der Waals surface area contributed by atoms with Crippen LogP contribution >= 0.6 is 0 Å². The molecule has 3 N–H and O–H groups in total. The van der Waals surface area contributed by atoms with Gasteiger partial charge in [-0.15, -0.1) is 0 Å². The van der Waals surface area contributed by atoms with Crippen LogP contribution in [0.2, 0.25) is 0 Å². The molecule has 90 valence electrons. The molecular weight excluding hydrogens is 208 g/mol. The number of carbonyl (C=O) groups excluding carboxylic acids is 1. The number of hydrogen-bond donors (Lipinski definition) is 2. The smallest absolute Gasteiger partial charge is 0.323 e. The third-order valence-electron chi connectivity index (χ3n) is 3.40. The minimum atomic E-state index is -0.928. The molecule has 2 unspecified atom stereocenters. The first-order valence-electron chi connectivity index (χ1n) is 5.85. The number of carboxylic acid groups (broad SMARTS) is 1. The summed E-state index contributed by atoms with van der Waals surface area (Å²) in [6, 6.07) is 0.278. The van der Waals surface area contributed by atoms with Crippen LogP contribution in [0.3, 0.4) is 0 Å². The number of carbonyl (C=O) groups is 2. The molecule has 5 heteroatoms. The van der Waals surface area contributed by atoms with E-state index in [2.05, 4.69) is 0 Å². The van der Waals surface area contributed by atoms with E-state index in [-0.39, 0.29) is 30.5 Å². The number of hydrogen-bond acceptors (Lipinski definition) is 3. The highest BCUT2D eigenvalue weighted by Crippen LogP contribution is 2.32. The lowest BCUT2D eigenvalue weighted by Crippen LogP contribution is -2.41. The molecule has 2 rings (SSSR count). The zero-order chi connectivity index (χ0) is 11.7. The maximum Gasteiger partial charge on any atom is 0.323 e. The van der Waals surface area contributed by atoms with Gasteiger partial charge in [0.15, 0.2) is 0 Å². The van der Waals surface area contributed by atoms with Crippen LogP contribution < -0.4 is 5.73 Å². The van der Waals surface area contributed by atoms with Gasteiger partial charge in [0.1, 0.15) is 6.54 Å². The van der Waals surface area contributed by atoms with Gasteiger partial charge in [-0.25, -0.2) is 0 Å². The summed E-state index contributed by atoms with van der Waals surface area (Å²) in [7, 11) is 0. The van der Waals surface area contributed by atoms with Crippen molar-refractivity contribution >= 4 is 11.9 Å². The third-order valence-corrected chi connectivity index (χ3v) is 3.40. The SMILES string of the molecule is NC1CCC(C(=O)N(CC(=O)O)C2CC2)C1. The number of carboxylic acids is 1. The second-order valence-electron chi connectivity index (χ2n) is 4.86. The topological polar surface area (TPSA) is 83.6 Å². The second-order valence-corrected chi connectivity index (χ2v) is 4.86. The van der Waals surface area contributed by atoms with Gasteiger partial charge in [0.25, 0.3) is 0 Å². The molecule has 0 bridgehead atoms. The first-order chi connectivity index (χ1) is 7.58. The fourth-order valence-corrected chi connectivity index (χ4v) is 2.39. The van der Waals surface area contributed by atoms with E-state index >= 15 is 0 Å². The summed E-state index contributed by atoms with van der Waals surface area (Å²) in [6.07, 6.45) is 4.28. The monoisotopic (exact) mass is 226 g/mol. The Labute approximate surface area is 94.6 Å². The van der Waals surface area contributed by atoms with Crippen molar-refractivity contribution in [3.05, 3.63) is 0 Å². The van der Waals surface area contributed by atoms with Gasteiger partial charge >= 0.3 is 5.97 Å². The number of nitrogens with two attached hydrogens (primary N) is 1. The maximum atomic E-state index is 12.1. The summed E-state index contributed by atoms with van der Waals surface area (Å²) in [4.78, 5) is 24.4. The Balaban J connectivity index is 1.96. The lowest BCUT2D eigenvalue weighted by molar-refractivity contribution is -0.146. The highest BCUT2D eigenvalue weighted by molar-refractivity contribution is 5.84. The maximum absolute atomic E-state index is 12.1. The molecule has 0 heterocycles. The van der Waals surface area contributed by atoms with Gasteiger partial charge in [-0.1, -0.05) is 0 Å². The summed E-state index contributed by atoms with van der Waals surface area (Å²) in [6.45, 7) is -0.158. The molecule has 2 aliphatic rings. The predicted molar refractivity (Wildman–Crippen MR) is 57.7 cm³/mol. The molecule has 0 radical (unpaired) electrons. The number of rotatable bonds is 4. The lowest BCUT2D eigenvalue weighted by Gasteiger charge is -2.23. The standard InChI is InChI=1S/C11H18N2O3/c12-8-2-1-7(5-8)11(16)13(6-10(14)15)9-3-4-9/h7-9H,1-6,12H2,(H,14,15). The van der Waals surface area contributed by atoms with Gasteiger partial charge in [-0.05, 0) is 32.1 Å². The normalized spacial score (nSPS) is 29.1. The Morgan fingerprint density at radius 3 is 2.38 bits per heavy atom. The van der Waals surface area contributed by atoms with Crippen molar-refractivity contribution in [2.45, 2.75) is 44.2 Å². The molecule has 2 atom stereocenters. The van der Waals surface area contributed by atoms with E-state index in [4.69, 9.17) is 10.8 Å². The van der Waals surface area contributed by atoms with Crippen molar-refractivity contribution in [3.63, 3.8) is 0 Å². The zero-order valence-electron chi connectivity index (χ0n) is 9.26. The summed E-state index contributed by atoms with van der Waals surface area (Å²) in [5.41, 5.74) is 5.77. The van der Waals surface area contributed by atoms with Crippen molar-refractivity contribution in [3.8, 4) is 0 Å². The average Bonchev–Trinajstić information content (AvgIpc) is 2.96. The summed E-state index contributed by atoms with van der Waals surface area (Å²) >= 11 is 0. The van der Waals surface area contributed by atoms with E-state index < -0.39 is 5.97 Å². The molecule has 2 fully saturated rings. The predicted octanol–water partition coefficient (Wildman–Crippen LogP) is 0.189. The van der Waals surface area contributed by atoms with Crippen LogP contribution in [0.5, 0.6) is 0 Å². The highest BCUT2D eigenvalue weighted by Gasteiger charge is 2.38. The Bertz CT molecular complexity index is 302. The minimum Gasteiger partial charge on any atom is -0.480 e. The summed E-state index contributed by atoms with van der Waals surface area (Å²) < 4.78 is 0. The molecule has 0 aliphatic heterocycles. The van der Waals surface area contributed by atoms with Gasteiger partial charge in [-0.3, -0.25) is 9.59 Å². The Kier molecular flexibility index (Phi) is 3.14. The quantitative estimate of drug-likeness (QED) is 0.716. The van der Waals surface area contributed by atoms with Gasteiger partial charge in [0, 0.05) is 18.0 Å². The second kappa shape index (κ2) is 4.41. The Morgan fingerprint density at radius 1 is 1.25 bits per heavy atom. The first-order valence-corrected chi connectivity index (χ1v) is 5.85. The summed E-state index contributed by atoms with van der Waals surface area (Å²) in [5, 5.41) is 8.79. The highest BCUT2D eigenvalue weighted by atomic mass is 16.4. The Hall–Kier alpha value is -1.10. The van der Waals surface area contributed by atoms with Gasteiger partial charge in [0.05, 0.1) is 0 Å². The molecule has 1 amide bonds. The molecular formula is C11H18N2O3. The van der Waals surface area contributed by atoms with E-state index in [1.54, 1.807) is 0 Å². The van der Waals surface area contributed by atoms with Crippen LogP contribution in [-0.4, -0.2) is 40.5 Å². The fourth-order valence-electron chi connectivity index (χ4n) is 2.39. The van der Waals surface area contributed by atoms with Crippen LogP contribution in [0, 0.1) is 5.92 Å². The van der Waals surface area contributed by atoms with E-state index in [1.165, 1.54) is 4.90 Å². The number of nitrogens with zero attached hydrogens (tertiary/aromatic N) is 1. The van der Waals surface area contributed by atoms with Crippen molar-refractivity contribution < 1.29 is 14.7 Å². The molecule has 5 nitrogen and oxygen atoms in total. The number of amides is 1. The van der Waals surface area contributed by atoms with Gasteiger partial charge in [-0.2, -0.15) is 0 Å². The molecule has 0 spiro atoms. The zero-order valence-corrected chi connectivity index (χ0v) is 9.26. The summed E-state index contributed by atoms with van der Waals surface area (Å²) in [5.74, 6) is -0.977. The average molecular weight is 226 g/mol. The van der Waals surface area contributed by atoms with Crippen LogP contribution in [0.25, 0.3) is 0 Å². The number of aliphatic carboxylic acids is 1. The minimum absolute atomic E-state index is 0.00199. The molecule has 16 heavy (non-hydrogen) atoms. The van der Waals surface area contributed by atoms with Crippen molar-refractivity contribution in [2.24, 2.45) is 11.7 Å². The third kappa shape index (κ3) is 2.52. The van der Waals surface area contributed by atoms with Gasteiger partial charge < -0.3 is 15.7 Å². The first kappa shape index (κ1) is 11.4. The molecule has 2 aliphatic carbocycles. The van der Waals surface area contributed by atoms with Crippen molar-refractivity contribution in [1.29, 1.82) is 0 Å². The van der Waals surface area contributed by atoms with E-state index in [9.17, 15) is 9.59 Å². The van der Waals surface area contributed by atoms with Crippen molar-refractivity contribution in [2.75, 3.05) is 6.54 Å². The largest absolute Gasteiger partial charge is 0.480 e. The van der Waals surface area contributed by atoms with E-state index in [0.717, 1.165) is 25.7 Å². The van der Waals surface area contributed by atoms with Crippen LogP contribution in [0.1, 0.15) is 32.1 Å².